The molecule has 1 unspecified atom stereocenters. The Morgan fingerprint density at radius 3 is 2.29 bits per heavy atom. The summed E-state index contributed by atoms with van der Waals surface area (Å²) in [5, 5.41) is 0. The van der Waals surface area contributed by atoms with E-state index in [-0.39, 0.29) is 0 Å². The molecular formula is C18H34N2O. The average Bonchev–Trinajstić information content (AvgIpc) is 3.02. The topological polar surface area (TPSA) is 15.7 Å². The minimum atomic E-state index is 0.506. The summed E-state index contributed by atoms with van der Waals surface area (Å²) in [4.78, 5) is 5.47. The fraction of sp³-hybridized carbons (Fsp3) is 1.00. The zero-order valence-electron chi connectivity index (χ0n) is 14.1. The first-order valence-corrected chi connectivity index (χ1v) is 9.20. The van der Waals surface area contributed by atoms with E-state index in [4.69, 9.17) is 4.74 Å². The number of rotatable bonds is 4. The monoisotopic (exact) mass is 294 g/mol. The Hall–Kier alpha value is -0.120. The Balaban J connectivity index is 1.44. The molecule has 3 fully saturated rings. The zero-order valence-corrected chi connectivity index (χ0v) is 14.1. The molecule has 0 aliphatic carbocycles. The molecule has 0 saturated carbocycles. The molecule has 122 valence electrons. The highest BCUT2D eigenvalue weighted by atomic mass is 16.5. The van der Waals surface area contributed by atoms with Gasteiger partial charge < -0.3 is 14.5 Å². The number of hydrogen-bond donors (Lipinski definition) is 0. The summed E-state index contributed by atoms with van der Waals surface area (Å²) in [5.74, 6) is 0.932. The van der Waals surface area contributed by atoms with Gasteiger partial charge in [-0.25, -0.2) is 0 Å². The molecule has 0 radical (unpaired) electrons. The standard InChI is InChI=1S/C18H34N2O/c1-16(20-9-3-4-10-20)17-5-11-19(12-6-17)15-18(2)7-13-21-14-8-18/h16-17H,3-15H2,1-2H3. The van der Waals surface area contributed by atoms with Gasteiger partial charge in [0, 0.05) is 25.8 Å². The second kappa shape index (κ2) is 6.97. The van der Waals surface area contributed by atoms with Gasteiger partial charge in [0.25, 0.3) is 0 Å². The fourth-order valence-corrected chi connectivity index (χ4v) is 4.60. The number of piperidine rings is 1. The Morgan fingerprint density at radius 2 is 1.67 bits per heavy atom. The fourth-order valence-electron chi connectivity index (χ4n) is 4.60. The molecule has 3 saturated heterocycles. The second-order valence-corrected chi connectivity index (χ2v) is 8.02. The third-order valence-electron chi connectivity index (χ3n) is 6.34. The van der Waals surface area contributed by atoms with Gasteiger partial charge in [0.2, 0.25) is 0 Å². The van der Waals surface area contributed by atoms with Gasteiger partial charge >= 0.3 is 0 Å². The molecule has 0 aromatic carbocycles. The number of likely N-dealkylation sites (tertiary alicyclic amines) is 2. The van der Waals surface area contributed by atoms with Crippen LogP contribution in [0.2, 0.25) is 0 Å². The van der Waals surface area contributed by atoms with E-state index in [0.29, 0.717) is 5.41 Å². The van der Waals surface area contributed by atoms with E-state index in [2.05, 4.69) is 23.6 Å². The van der Waals surface area contributed by atoms with Crippen LogP contribution >= 0.6 is 0 Å². The lowest BCUT2D eigenvalue weighted by molar-refractivity contribution is -0.00334. The SMILES string of the molecule is CC(C1CCN(CC2(C)CCOCC2)CC1)N1CCCC1. The van der Waals surface area contributed by atoms with E-state index >= 15 is 0 Å². The molecule has 0 aromatic heterocycles. The largest absolute Gasteiger partial charge is 0.381 e. The Bertz CT molecular complexity index is 313. The van der Waals surface area contributed by atoms with Crippen molar-refractivity contribution in [3.05, 3.63) is 0 Å². The van der Waals surface area contributed by atoms with Gasteiger partial charge in [-0.3, -0.25) is 0 Å². The molecule has 0 bridgehead atoms. The summed E-state index contributed by atoms with van der Waals surface area (Å²) in [6, 6.07) is 0.813. The van der Waals surface area contributed by atoms with Crippen LogP contribution in [0.5, 0.6) is 0 Å². The highest BCUT2D eigenvalue weighted by molar-refractivity contribution is 4.86. The maximum atomic E-state index is 5.54. The van der Waals surface area contributed by atoms with Crippen LogP contribution in [0.4, 0.5) is 0 Å². The van der Waals surface area contributed by atoms with Crippen molar-refractivity contribution in [2.45, 2.75) is 58.4 Å². The van der Waals surface area contributed by atoms with Crippen molar-refractivity contribution in [2.24, 2.45) is 11.3 Å². The smallest absolute Gasteiger partial charge is 0.0471 e. The summed E-state index contributed by atoms with van der Waals surface area (Å²) in [5.41, 5.74) is 0.506. The summed E-state index contributed by atoms with van der Waals surface area (Å²) in [6.45, 7) is 13.5. The molecule has 3 aliphatic rings. The van der Waals surface area contributed by atoms with Crippen molar-refractivity contribution >= 4 is 0 Å². The summed E-state index contributed by atoms with van der Waals surface area (Å²) >= 11 is 0. The van der Waals surface area contributed by atoms with Crippen LogP contribution in [0.15, 0.2) is 0 Å². The lowest BCUT2D eigenvalue weighted by Crippen LogP contribution is -2.46. The molecule has 1 atom stereocenters. The quantitative estimate of drug-likeness (QED) is 0.793. The van der Waals surface area contributed by atoms with Gasteiger partial charge in [-0.2, -0.15) is 0 Å². The van der Waals surface area contributed by atoms with Crippen molar-refractivity contribution < 1.29 is 4.74 Å². The minimum absolute atomic E-state index is 0.506. The number of hydrogen-bond acceptors (Lipinski definition) is 3. The van der Waals surface area contributed by atoms with Crippen LogP contribution in [0, 0.1) is 11.3 Å². The first-order valence-electron chi connectivity index (χ1n) is 9.20. The third-order valence-corrected chi connectivity index (χ3v) is 6.34. The van der Waals surface area contributed by atoms with E-state index in [1.165, 1.54) is 71.2 Å². The number of nitrogens with zero attached hydrogens (tertiary/aromatic N) is 2. The van der Waals surface area contributed by atoms with E-state index in [0.717, 1.165) is 25.2 Å². The van der Waals surface area contributed by atoms with Gasteiger partial charge in [0.15, 0.2) is 0 Å². The van der Waals surface area contributed by atoms with Crippen LogP contribution in [0.25, 0.3) is 0 Å². The highest BCUT2D eigenvalue weighted by Crippen LogP contribution is 2.33. The van der Waals surface area contributed by atoms with Crippen molar-refractivity contribution in [3.8, 4) is 0 Å². The molecule has 3 heterocycles. The Morgan fingerprint density at radius 1 is 1.05 bits per heavy atom. The molecule has 3 heteroatoms. The lowest BCUT2D eigenvalue weighted by atomic mass is 9.81. The predicted octanol–water partition coefficient (Wildman–Crippen LogP) is 3.00. The van der Waals surface area contributed by atoms with Crippen LogP contribution in [-0.2, 0) is 4.74 Å². The summed E-state index contributed by atoms with van der Waals surface area (Å²) in [6.07, 6.45) is 8.15. The predicted molar refractivity (Wildman–Crippen MR) is 87.6 cm³/mol. The maximum Gasteiger partial charge on any atom is 0.0471 e. The van der Waals surface area contributed by atoms with Gasteiger partial charge in [0.1, 0.15) is 0 Å². The van der Waals surface area contributed by atoms with E-state index in [1.807, 2.05) is 0 Å². The maximum absolute atomic E-state index is 5.54. The minimum Gasteiger partial charge on any atom is -0.381 e. The highest BCUT2D eigenvalue weighted by Gasteiger charge is 2.33. The van der Waals surface area contributed by atoms with Crippen molar-refractivity contribution in [3.63, 3.8) is 0 Å². The van der Waals surface area contributed by atoms with Gasteiger partial charge in [-0.15, -0.1) is 0 Å². The van der Waals surface area contributed by atoms with Crippen molar-refractivity contribution in [1.82, 2.24) is 9.80 Å². The first kappa shape index (κ1) is 15.8. The van der Waals surface area contributed by atoms with Crippen LogP contribution in [0.3, 0.4) is 0 Å². The third kappa shape index (κ3) is 4.00. The molecule has 0 N–H and O–H groups in total. The van der Waals surface area contributed by atoms with Crippen molar-refractivity contribution in [2.75, 3.05) is 45.9 Å². The molecule has 0 amide bonds. The molecule has 3 aliphatic heterocycles. The van der Waals surface area contributed by atoms with Crippen molar-refractivity contribution in [1.29, 1.82) is 0 Å². The second-order valence-electron chi connectivity index (χ2n) is 8.02. The molecular weight excluding hydrogens is 260 g/mol. The average molecular weight is 294 g/mol. The molecule has 0 aromatic rings. The van der Waals surface area contributed by atoms with Gasteiger partial charge in [0.05, 0.1) is 0 Å². The Kier molecular flexibility index (Phi) is 5.23. The van der Waals surface area contributed by atoms with Crippen LogP contribution < -0.4 is 0 Å². The van der Waals surface area contributed by atoms with Crippen LogP contribution in [0.1, 0.15) is 52.4 Å². The van der Waals surface area contributed by atoms with E-state index in [9.17, 15) is 0 Å². The summed E-state index contributed by atoms with van der Waals surface area (Å²) < 4.78 is 5.54. The zero-order chi connectivity index (χ0) is 14.7. The lowest BCUT2D eigenvalue weighted by Gasteiger charge is -2.43. The van der Waals surface area contributed by atoms with Gasteiger partial charge in [-0.05, 0) is 83.0 Å². The van der Waals surface area contributed by atoms with E-state index in [1.54, 1.807) is 0 Å². The normalized spacial score (nSPS) is 30.6. The molecule has 0 spiro atoms. The molecule has 3 rings (SSSR count). The summed E-state index contributed by atoms with van der Waals surface area (Å²) in [7, 11) is 0. The molecule has 3 nitrogen and oxygen atoms in total. The van der Waals surface area contributed by atoms with Crippen LogP contribution in [-0.4, -0.2) is 61.8 Å². The number of ether oxygens (including phenoxy) is 1. The molecule has 21 heavy (non-hydrogen) atoms. The van der Waals surface area contributed by atoms with Gasteiger partial charge in [-0.1, -0.05) is 6.92 Å². The van der Waals surface area contributed by atoms with E-state index < -0.39 is 0 Å². The Labute approximate surface area is 131 Å². The first-order chi connectivity index (χ1) is 10.2.